The van der Waals surface area contributed by atoms with Gasteiger partial charge in [0.1, 0.15) is 0 Å². The quantitative estimate of drug-likeness (QED) is 0.771. The van der Waals surface area contributed by atoms with Gasteiger partial charge in [0.2, 0.25) is 10.0 Å². The van der Waals surface area contributed by atoms with E-state index in [0.717, 1.165) is 24.0 Å². The first kappa shape index (κ1) is 17.8. The van der Waals surface area contributed by atoms with E-state index in [2.05, 4.69) is 0 Å². The Labute approximate surface area is 149 Å². The minimum absolute atomic E-state index is 0.0146. The highest BCUT2D eigenvalue weighted by atomic mass is 32.2. The lowest BCUT2D eigenvalue weighted by Crippen LogP contribution is -2.42. The third-order valence-corrected chi connectivity index (χ3v) is 6.49. The molecule has 1 aliphatic rings. The van der Waals surface area contributed by atoms with E-state index in [1.807, 2.05) is 61.5 Å². The van der Waals surface area contributed by atoms with E-state index in [1.165, 1.54) is 4.31 Å². The van der Waals surface area contributed by atoms with Gasteiger partial charge in [0, 0.05) is 24.6 Å². The second-order valence-corrected chi connectivity index (χ2v) is 8.64. The zero-order valence-corrected chi connectivity index (χ0v) is 15.2. The highest BCUT2D eigenvalue weighted by molar-refractivity contribution is 7.88. The predicted molar refractivity (Wildman–Crippen MR) is 98.9 cm³/mol. The molecule has 1 heterocycles. The molecule has 2 aromatic rings. The number of hydrogen-bond acceptors (Lipinski definition) is 3. The molecule has 0 bridgehead atoms. The number of sulfonamides is 1. The molecule has 0 amide bonds. The fourth-order valence-electron chi connectivity index (χ4n) is 3.24. The topological polar surface area (TPSA) is 54.5 Å². The van der Waals surface area contributed by atoms with Crippen molar-refractivity contribution in [2.24, 2.45) is 5.92 Å². The Morgan fingerprint density at radius 3 is 2.44 bits per heavy atom. The Morgan fingerprint density at radius 2 is 1.76 bits per heavy atom. The average molecular weight is 357 g/mol. The lowest BCUT2D eigenvalue weighted by Gasteiger charge is -2.31. The van der Waals surface area contributed by atoms with Gasteiger partial charge in [0.05, 0.1) is 5.75 Å². The first-order valence-corrected chi connectivity index (χ1v) is 10.2. The molecule has 0 radical (unpaired) electrons. The Morgan fingerprint density at radius 1 is 1.08 bits per heavy atom. The van der Waals surface area contributed by atoms with Gasteiger partial charge in [0.25, 0.3) is 0 Å². The molecular formula is C20H23NO3S. The number of hydrogen-bond donors (Lipinski definition) is 0. The second-order valence-electron chi connectivity index (χ2n) is 6.67. The highest BCUT2D eigenvalue weighted by Crippen LogP contribution is 2.24. The first-order valence-electron chi connectivity index (χ1n) is 8.58. The fourth-order valence-corrected chi connectivity index (χ4v) is 4.85. The van der Waals surface area contributed by atoms with Crippen molar-refractivity contribution in [3.05, 3.63) is 71.3 Å². The number of carbonyl (C=O) groups is 1. The molecule has 1 aliphatic heterocycles. The molecule has 1 unspecified atom stereocenters. The minimum Gasteiger partial charge on any atom is -0.294 e. The number of piperidine rings is 1. The van der Waals surface area contributed by atoms with Crippen molar-refractivity contribution in [1.29, 1.82) is 0 Å². The van der Waals surface area contributed by atoms with Crippen LogP contribution in [0.15, 0.2) is 54.6 Å². The number of ketones is 1. The van der Waals surface area contributed by atoms with Crippen LogP contribution in [-0.4, -0.2) is 31.6 Å². The Bertz CT molecular complexity index is 829. The van der Waals surface area contributed by atoms with Gasteiger partial charge < -0.3 is 0 Å². The number of rotatable bonds is 5. The van der Waals surface area contributed by atoms with Crippen molar-refractivity contribution >= 4 is 15.8 Å². The Hall–Kier alpha value is -1.98. The second kappa shape index (κ2) is 7.50. The molecule has 25 heavy (non-hydrogen) atoms. The van der Waals surface area contributed by atoms with E-state index in [-0.39, 0.29) is 24.0 Å². The third kappa shape index (κ3) is 4.35. The van der Waals surface area contributed by atoms with E-state index in [0.29, 0.717) is 12.1 Å². The zero-order chi connectivity index (χ0) is 17.9. The van der Waals surface area contributed by atoms with Crippen molar-refractivity contribution in [2.75, 3.05) is 13.1 Å². The summed E-state index contributed by atoms with van der Waals surface area (Å²) >= 11 is 0. The predicted octanol–water partition coefficient (Wildman–Crippen LogP) is 3.42. The van der Waals surface area contributed by atoms with Crippen LogP contribution in [0.5, 0.6) is 0 Å². The van der Waals surface area contributed by atoms with Gasteiger partial charge in [-0.25, -0.2) is 12.7 Å². The van der Waals surface area contributed by atoms with Gasteiger partial charge in [-0.05, 0) is 25.3 Å². The maximum Gasteiger partial charge on any atom is 0.218 e. The zero-order valence-electron chi connectivity index (χ0n) is 14.4. The summed E-state index contributed by atoms with van der Waals surface area (Å²) in [4.78, 5) is 12.7. The summed E-state index contributed by atoms with van der Waals surface area (Å²) in [5, 5.41) is 0. The van der Waals surface area contributed by atoms with Gasteiger partial charge in [-0.2, -0.15) is 0 Å². The van der Waals surface area contributed by atoms with Crippen molar-refractivity contribution in [1.82, 2.24) is 4.31 Å². The van der Waals surface area contributed by atoms with Gasteiger partial charge in [-0.3, -0.25) is 4.79 Å². The summed E-state index contributed by atoms with van der Waals surface area (Å²) in [5.41, 5.74) is 2.54. The van der Waals surface area contributed by atoms with Gasteiger partial charge in [0.15, 0.2) is 5.78 Å². The van der Waals surface area contributed by atoms with Gasteiger partial charge in [-0.15, -0.1) is 0 Å². The first-order chi connectivity index (χ1) is 12.0. The lowest BCUT2D eigenvalue weighted by molar-refractivity contribution is 0.0872. The SMILES string of the molecule is Cc1ccc(C(=O)C2CCCN(S(=O)(=O)Cc3ccccc3)C2)cc1. The van der Waals surface area contributed by atoms with Crippen LogP contribution in [0.25, 0.3) is 0 Å². The maximum atomic E-state index is 12.7. The van der Waals surface area contributed by atoms with E-state index < -0.39 is 10.0 Å². The molecule has 2 aromatic carbocycles. The van der Waals surface area contributed by atoms with E-state index >= 15 is 0 Å². The van der Waals surface area contributed by atoms with Crippen LogP contribution in [0.3, 0.4) is 0 Å². The Kier molecular flexibility index (Phi) is 5.35. The van der Waals surface area contributed by atoms with E-state index in [4.69, 9.17) is 0 Å². The highest BCUT2D eigenvalue weighted by Gasteiger charge is 2.32. The monoisotopic (exact) mass is 357 g/mol. The van der Waals surface area contributed by atoms with Crippen molar-refractivity contribution in [2.45, 2.75) is 25.5 Å². The Balaban J connectivity index is 1.72. The van der Waals surface area contributed by atoms with Crippen molar-refractivity contribution in [3.63, 3.8) is 0 Å². The number of Topliss-reactive ketones (excluding diaryl/α,β-unsaturated/α-hetero) is 1. The number of benzene rings is 2. The van der Waals surface area contributed by atoms with Crippen LogP contribution in [-0.2, 0) is 15.8 Å². The minimum atomic E-state index is -3.41. The largest absolute Gasteiger partial charge is 0.294 e. The molecule has 5 heteroatoms. The molecule has 1 atom stereocenters. The fraction of sp³-hybridized carbons (Fsp3) is 0.350. The molecule has 3 rings (SSSR count). The van der Waals surface area contributed by atoms with Gasteiger partial charge in [-0.1, -0.05) is 60.2 Å². The molecule has 0 N–H and O–H groups in total. The molecule has 0 aromatic heterocycles. The summed E-state index contributed by atoms with van der Waals surface area (Å²) in [7, 11) is -3.41. The average Bonchev–Trinajstić information content (AvgIpc) is 2.62. The van der Waals surface area contributed by atoms with E-state index in [9.17, 15) is 13.2 Å². The number of carbonyl (C=O) groups excluding carboxylic acids is 1. The molecule has 132 valence electrons. The normalized spacial score (nSPS) is 18.8. The molecule has 0 aliphatic carbocycles. The van der Waals surface area contributed by atoms with Crippen molar-refractivity contribution in [3.8, 4) is 0 Å². The maximum absolute atomic E-state index is 12.7. The van der Waals surface area contributed by atoms with Crippen molar-refractivity contribution < 1.29 is 13.2 Å². The molecule has 0 spiro atoms. The summed E-state index contributed by atoms with van der Waals surface area (Å²) < 4.78 is 26.9. The van der Waals surface area contributed by atoms with E-state index in [1.54, 1.807) is 0 Å². The standard InChI is InChI=1S/C20H23NO3S/c1-16-9-11-18(12-10-16)20(22)19-8-5-13-21(14-19)25(23,24)15-17-6-3-2-4-7-17/h2-4,6-7,9-12,19H,5,8,13-15H2,1H3. The number of nitrogens with zero attached hydrogens (tertiary/aromatic N) is 1. The third-order valence-electron chi connectivity index (χ3n) is 4.68. The summed E-state index contributed by atoms with van der Waals surface area (Å²) in [6.07, 6.45) is 1.46. The summed E-state index contributed by atoms with van der Waals surface area (Å²) in [5.74, 6) is -0.235. The smallest absolute Gasteiger partial charge is 0.218 e. The van der Waals surface area contributed by atoms with Crippen LogP contribution in [0, 0.1) is 12.8 Å². The van der Waals surface area contributed by atoms with Gasteiger partial charge >= 0.3 is 0 Å². The molecule has 1 saturated heterocycles. The summed E-state index contributed by atoms with van der Waals surface area (Å²) in [6, 6.07) is 16.7. The molecular weight excluding hydrogens is 334 g/mol. The van der Waals surface area contributed by atoms with Crippen LogP contribution in [0.4, 0.5) is 0 Å². The van der Waals surface area contributed by atoms with Crippen LogP contribution in [0.1, 0.15) is 34.3 Å². The molecule has 1 fully saturated rings. The van der Waals surface area contributed by atoms with Crippen LogP contribution < -0.4 is 0 Å². The summed E-state index contributed by atoms with van der Waals surface area (Å²) in [6.45, 7) is 2.75. The lowest BCUT2D eigenvalue weighted by atomic mass is 9.91. The molecule has 0 saturated carbocycles. The molecule has 4 nitrogen and oxygen atoms in total. The van der Waals surface area contributed by atoms with Crippen LogP contribution >= 0.6 is 0 Å². The van der Waals surface area contributed by atoms with Crippen LogP contribution in [0.2, 0.25) is 0 Å². The number of aryl methyl sites for hydroxylation is 1.